The molecular formula is C17H22BrFIN5O. The van der Waals surface area contributed by atoms with Crippen molar-refractivity contribution in [2.45, 2.75) is 12.6 Å². The molecule has 3 rings (SSSR count). The van der Waals surface area contributed by atoms with Crippen molar-refractivity contribution in [1.29, 1.82) is 0 Å². The molecule has 1 fully saturated rings. The second-order valence-electron chi connectivity index (χ2n) is 5.90. The van der Waals surface area contributed by atoms with Crippen LogP contribution in [0.15, 0.2) is 40.1 Å². The number of aryl methyl sites for hydroxylation is 1. The summed E-state index contributed by atoms with van der Waals surface area (Å²) in [6.07, 6.45) is 3.76. The lowest BCUT2D eigenvalue weighted by molar-refractivity contribution is -0.00805. The Morgan fingerprint density at radius 2 is 2.31 bits per heavy atom. The van der Waals surface area contributed by atoms with Gasteiger partial charge in [0.2, 0.25) is 0 Å². The van der Waals surface area contributed by atoms with Crippen LogP contribution in [0.25, 0.3) is 0 Å². The molecule has 142 valence electrons. The molecule has 0 spiro atoms. The van der Waals surface area contributed by atoms with Gasteiger partial charge < -0.3 is 15.0 Å². The number of nitrogens with one attached hydrogen (secondary N) is 1. The van der Waals surface area contributed by atoms with Crippen LogP contribution in [0.3, 0.4) is 0 Å². The van der Waals surface area contributed by atoms with E-state index in [0.717, 1.165) is 23.6 Å². The molecule has 1 aliphatic heterocycles. The molecule has 2 aromatic rings. The molecule has 1 saturated heterocycles. The maximum Gasteiger partial charge on any atom is 0.194 e. The maximum absolute atomic E-state index is 13.6. The number of hydrogen-bond donors (Lipinski definition) is 1. The van der Waals surface area contributed by atoms with E-state index < -0.39 is 0 Å². The van der Waals surface area contributed by atoms with E-state index in [2.05, 4.69) is 36.2 Å². The van der Waals surface area contributed by atoms with Crippen molar-refractivity contribution < 1.29 is 9.13 Å². The molecule has 1 aromatic carbocycles. The summed E-state index contributed by atoms with van der Waals surface area (Å²) in [5.74, 6) is 0.512. The highest BCUT2D eigenvalue weighted by Gasteiger charge is 2.25. The maximum atomic E-state index is 13.6. The van der Waals surface area contributed by atoms with E-state index in [0.29, 0.717) is 24.2 Å². The molecule has 0 bridgehead atoms. The van der Waals surface area contributed by atoms with Gasteiger partial charge in [-0.15, -0.1) is 24.0 Å². The summed E-state index contributed by atoms with van der Waals surface area (Å²) in [5.41, 5.74) is 1.91. The first-order valence-electron chi connectivity index (χ1n) is 8.06. The van der Waals surface area contributed by atoms with Gasteiger partial charge in [0.1, 0.15) is 11.9 Å². The molecule has 26 heavy (non-hydrogen) atoms. The summed E-state index contributed by atoms with van der Waals surface area (Å²) in [7, 11) is 3.64. The standard InChI is InChI=1S/C17H21BrFN5O.HI/c1-20-17(21-8-12-3-4-14(18)15(19)7-12)24-5-6-25-16(11-24)13-9-22-23(2)10-13;/h3-4,7,9-10,16H,5-6,8,11H2,1-2H3,(H,20,21);1H. The minimum atomic E-state index is -0.266. The number of aromatic nitrogens is 2. The number of guanidine groups is 1. The smallest absolute Gasteiger partial charge is 0.194 e. The van der Waals surface area contributed by atoms with E-state index in [4.69, 9.17) is 4.74 Å². The van der Waals surface area contributed by atoms with E-state index in [-0.39, 0.29) is 35.9 Å². The lowest BCUT2D eigenvalue weighted by atomic mass is 10.1. The minimum Gasteiger partial charge on any atom is -0.370 e. The highest BCUT2D eigenvalue weighted by molar-refractivity contribution is 14.0. The van der Waals surface area contributed by atoms with Gasteiger partial charge in [-0.2, -0.15) is 5.10 Å². The molecule has 1 aromatic heterocycles. The molecule has 0 radical (unpaired) electrons. The monoisotopic (exact) mass is 537 g/mol. The van der Waals surface area contributed by atoms with Crippen molar-refractivity contribution in [2.75, 3.05) is 26.7 Å². The zero-order chi connectivity index (χ0) is 17.8. The molecular weight excluding hydrogens is 516 g/mol. The number of morpholine rings is 1. The van der Waals surface area contributed by atoms with Crippen LogP contribution in [-0.4, -0.2) is 47.4 Å². The van der Waals surface area contributed by atoms with Crippen LogP contribution in [0.1, 0.15) is 17.2 Å². The third-order valence-corrected chi connectivity index (χ3v) is 4.75. The normalized spacial score (nSPS) is 17.8. The van der Waals surface area contributed by atoms with Crippen molar-refractivity contribution in [1.82, 2.24) is 20.0 Å². The zero-order valence-electron chi connectivity index (χ0n) is 14.7. The minimum absolute atomic E-state index is 0. The molecule has 0 aliphatic carbocycles. The molecule has 2 heterocycles. The Morgan fingerprint density at radius 3 is 2.96 bits per heavy atom. The largest absolute Gasteiger partial charge is 0.370 e. The molecule has 6 nitrogen and oxygen atoms in total. The summed E-state index contributed by atoms with van der Waals surface area (Å²) < 4.78 is 21.7. The first-order valence-corrected chi connectivity index (χ1v) is 8.86. The Morgan fingerprint density at radius 1 is 1.50 bits per heavy atom. The summed E-state index contributed by atoms with van der Waals surface area (Å²) in [5, 5.41) is 7.50. The van der Waals surface area contributed by atoms with Crippen LogP contribution in [0.2, 0.25) is 0 Å². The van der Waals surface area contributed by atoms with Gasteiger partial charge >= 0.3 is 0 Å². The second kappa shape index (κ2) is 9.65. The van der Waals surface area contributed by atoms with E-state index in [1.165, 1.54) is 6.07 Å². The van der Waals surface area contributed by atoms with Gasteiger partial charge in [-0.1, -0.05) is 6.07 Å². The van der Waals surface area contributed by atoms with Gasteiger partial charge in [0.25, 0.3) is 0 Å². The zero-order valence-corrected chi connectivity index (χ0v) is 18.6. The van der Waals surface area contributed by atoms with Crippen LogP contribution in [0, 0.1) is 5.82 Å². The number of benzene rings is 1. The quantitative estimate of drug-likeness (QED) is 0.371. The summed E-state index contributed by atoms with van der Waals surface area (Å²) in [6.45, 7) is 2.57. The van der Waals surface area contributed by atoms with E-state index in [1.54, 1.807) is 17.8 Å². The van der Waals surface area contributed by atoms with Crippen molar-refractivity contribution in [3.63, 3.8) is 0 Å². The van der Waals surface area contributed by atoms with Crippen LogP contribution < -0.4 is 5.32 Å². The summed E-state index contributed by atoms with van der Waals surface area (Å²) in [4.78, 5) is 6.50. The highest BCUT2D eigenvalue weighted by Crippen LogP contribution is 2.22. The van der Waals surface area contributed by atoms with Gasteiger partial charge in [-0.25, -0.2) is 4.39 Å². The number of halogens is 3. The summed E-state index contributed by atoms with van der Waals surface area (Å²) in [6, 6.07) is 5.11. The fraction of sp³-hybridized carbons (Fsp3) is 0.412. The van der Waals surface area contributed by atoms with Gasteiger partial charge in [-0.05, 0) is 33.6 Å². The van der Waals surface area contributed by atoms with Crippen LogP contribution in [0.5, 0.6) is 0 Å². The van der Waals surface area contributed by atoms with Crippen molar-refractivity contribution in [3.8, 4) is 0 Å². The predicted molar refractivity (Wildman–Crippen MR) is 113 cm³/mol. The Kier molecular flexibility index (Phi) is 7.84. The van der Waals surface area contributed by atoms with Crippen molar-refractivity contribution in [2.24, 2.45) is 12.0 Å². The molecule has 9 heteroatoms. The van der Waals surface area contributed by atoms with Crippen LogP contribution in [0.4, 0.5) is 4.39 Å². The molecule has 0 amide bonds. The van der Waals surface area contributed by atoms with E-state index in [9.17, 15) is 4.39 Å². The van der Waals surface area contributed by atoms with Crippen molar-refractivity contribution in [3.05, 3.63) is 52.0 Å². The average molecular weight is 538 g/mol. The highest BCUT2D eigenvalue weighted by atomic mass is 127. The Bertz CT molecular complexity index is 769. The lowest BCUT2D eigenvalue weighted by Crippen LogP contribution is -2.47. The number of rotatable bonds is 3. The fourth-order valence-electron chi connectivity index (χ4n) is 2.81. The molecule has 1 atom stereocenters. The lowest BCUT2D eigenvalue weighted by Gasteiger charge is -2.34. The number of nitrogens with zero attached hydrogens (tertiary/aromatic N) is 4. The molecule has 1 N–H and O–H groups in total. The van der Waals surface area contributed by atoms with Crippen LogP contribution >= 0.6 is 39.9 Å². The Labute approximate surface area is 178 Å². The number of hydrogen-bond acceptors (Lipinski definition) is 3. The van der Waals surface area contributed by atoms with E-state index >= 15 is 0 Å². The SMILES string of the molecule is CN=C(NCc1ccc(Br)c(F)c1)N1CCOC(c2cnn(C)c2)C1.I. The van der Waals surface area contributed by atoms with Crippen molar-refractivity contribution >= 4 is 45.9 Å². The average Bonchev–Trinajstić information content (AvgIpc) is 3.05. The Hall–Kier alpha value is -1.20. The first-order chi connectivity index (χ1) is 12.1. The number of ether oxygens (including phenoxy) is 1. The van der Waals surface area contributed by atoms with E-state index in [1.807, 2.05) is 25.5 Å². The fourth-order valence-corrected chi connectivity index (χ4v) is 3.06. The second-order valence-corrected chi connectivity index (χ2v) is 6.76. The molecule has 1 aliphatic rings. The third-order valence-electron chi connectivity index (χ3n) is 4.11. The summed E-state index contributed by atoms with van der Waals surface area (Å²) >= 11 is 3.17. The van der Waals surface area contributed by atoms with Gasteiger partial charge in [-0.3, -0.25) is 9.67 Å². The topological polar surface area (TPSA) is 54.7 Å². The number of aliphatic imine (C=N–C) groups is 1. The molecule has 1 unspecified atom stereocenters. The predicted octanol–water partition coefficient (Wildman–Crippen LogP) is 3.09. The van der Waals surface area contributed by atoms with Crippen LogP contribution in [-0.2, 0) is 18.3 Å². The molecule has 0 saturated carbocycles. The van der Waals surface area contributed by atoms with Gasteiger partial charge in [0, 0.05) is 38.9 Å². The Balaban J connectivity index is 0.00000243. The first kappa shape index (κ1) is 21.1. The van der Waals surface area contributed by atoms with Gasteiger partial charge in [0.15, 0.2) is 5.96 Å². The third kappa shape index (κ3) is 5.17. The van der Waals surface area contributed by atoms with Gasteiger partial charge in [0.05, 0.1) is 23.8 Å².